The van der Waals surface area contributed by atoms with E-state index in [-0.39, 0.29) is 0 Å². The van der Waals surface area contributed by atoms with Crippen LogP contribution in [0, 0.1) is 6.92 Å². The van der Waals surface area contributed by atoms with Gasteiger partial charge in [-0.3, -0.25) is 0 Å². The van der Waals surface area contributed by atoms with Gasteiger partial charge in [-0.25, -0.2) is 0 Å². The van der Waals surface area contributed by atoms with Gasteiger partial charge >= 0.3 is 0 Å². The lowest BCUT2D eigenvalue weighted by Gasteiger charge is -2.04. The molecule has 0 fully saturated rings. The summed E-state index contributed by atoms with van der Waals surface area (Å²) in [5, 5.41) is 3.54. The fraction of sp³-hybridized carbons (Fsp3) is 0.375. The maximum Gasteiger partial charge on any atom is 0.0303 e. The Labute approximate surface area is 113 Å². The molecule has 1 aromatic heterocycles. The van der Waals surface area contributed by atoms with E-state index in [1.54, 1.807) is 10.4 Å². The minimum Gasteiger partial charge on any atom is -0.308 e. The van der Waals surface area contributed by atoms with Gasteiger partial charge in [-0.05, 0) is 43.4 Å². The quantitative estimate of drug-likeness (QED) is 0.877. The molecule has 2 heteroatoms. The first-order valence-corrected chi connectivity index (χ1v) is 7.49. The van der Waals surface area contributed by atoms with Gasteiger partial charge < -0.3 is 5.32 Å². The van der Waals surface area contributed by atoms with Gasteiger partial charge in [0.15, 0.2) is 0 Å². The van der Waals surface area contributed by atoms with Crippen LogP contribution < -0.4 is 5.32 Å². The smallest absolute Gasteiger partial charge is 0.0303 e. The molecule has 1 N–H and O–H groups in total. The van der Waals surface area contributed by atoms with Crippen LogP contribution in [0.2, 0.25) is 0 Å². The van der Waals surface area contributed by atoms with Crippen LogP contribution in [0.1, 0.15) is 32.9 Å². The van der Waals surface area contributed by atoms with Crippen LogP contribution in [0.15, 0.2) is 30.3 Å². The molecule has 0 bridgehead atoms. The summed E-state index contributed by atoms with van der Waals surface area (Å²) in [4.78, 5) is 3.12. The lowest BCUT2D eigenvalue weighted by atomic mass is 10.1. The second-order valence-corrected chi connectivity index (χ2v) is 6.33. The second kappa shape index (κ2) is 5.25. The average Bonchev–Trinajstić information content (AvgIpc) is 2.89. The molecule has 3 rings (SSSR count). The summed E-state index contributed by atoms with van der Waals surface area (Å²) in [6.07, 6.45) is 3.96. The summed E-state index contributed by atoms with van der Waals surface area (Å²) >= 11 is 2.00. The van der Waals surface area contributed by atoms with E-state index in [2.05, 4.69) is 42.6 Å². The average molecular weight is 257 g/mol. The largest absolute Gasteiger partial charge is 0.308 e. The van der Waals surface area contributed by atoms with Crippen molar-refractivity contribution in [3.63, 3.8) is 0 Å². The van der Waals surface area contributed by atoms with Crippen LogP contribution in [0.4, 0.5) is 0 Å². The summed E-state index contributed by atoms with van der Waals surface area (Å²) in [7, 11) is 0. The first-order chi connectivity index (χ1) is 8.81. The number of nitrogens with one attached hydrogen (secondary N) is 1. The zero-order chi connectivity index (χ0) is 12.4. The summed E-state index contributed by atoms with van der Waals surface area (Å²) < 4.78 is 0. The third-order valence-corrected chi connectivity index (χ3v) is 4.75. The molecule has 18 heavy (non-hydrogen) atoms. The Morgan fingerprint density at radius 2 is 2.11 bits per heavy atom. The molecule has 1 nitrogen and oxygen atoms in total. The first kappa shape index (κ1) is 11.9. The van der Waals surface area contributed by atoms with E-state index in [1.165, 1.54) is 35.3 Å². The lowest BCUT2D eigenvalue weighted by Crippen LogP contribution is -2.11. The van der Waals surface area contributed by atoms with Crippen LogP contribution in [-0.2, 0) is 25.9 Å². The molecule has 1 heterocycles. The van der Waals surface area contributed by atoms with E-state index < -0.39 is 0 Å². The Morgan fingerprint density at radius 3 is 2.94 bits per heavy atom. The number of thiophene rings is 1. The van der Waals surface area contributed by atoms with Crippen molar-refractivity contribution in [2.75, 3.05) is 0 Å². The number of benzene rings is 1. The van der Waals surface area contributed by atoms with Crippen molar-refractivity contribution in [2.45, 2.75) is 39.3 Å². The molecular formula is C16H19NS. The molecule has 0 aliphatic heterocycles. The molecule has 1 aliphatic carbocycles. The zero-order valence-corrected chi connectivity index (χ0v) is 11.6. The van der Waals surface area contributed by atoms with Crippen molar-refractivity contribution >= 4 is 11.3 Å². The molecule has 1 aromatic carbocycles. The molecule has 0 saturated heterocycles. The molecule has 1 aliphatic rings. The minimum absolute atomic E-state index is 0.963. The summed E-state index contributed by atoms with van der Waals surface area (Å²) in [6, 6.07) is 11.1. The maximum atomic E-state index is 3.54. The topological polar surface area (TPSA) is 12.0 Å². The van der Waals surface area contributed by atoms with E-state index in [1.807, 2.05) is 11.3 Å². The van der Waals surface area contributed by atoms with Crippen molar-refractivity contribution in [1.29, 1.82) is 0 Å². The van der Waals surface area contributed by atoms with Gasteiger partial charge in [0.2, 0.25) is 0 Å². The highest BCUT2D eigenvalue weighted by Crippen LogP contribution is 2.30. The normalized spacial score (nSPS) is 13.8. The lowest BCUT2D eigenvalue weighted by molar-refractivity contribution is 0.700. The summed E-state index contributed by atoms with van der Waals surface area (Å²) in [5.41, 5.74) is 4.32. The third kappa shape index (κ3) is 2.65. The Kier molecular flexibility index (Phi) is 3.48. The van der Waals surface area contributed by atoms with Gasteiger partial charge in [0.25, 0.3) is 0 Å². The molecule has 2 aromatic rings. The Bertz CT molecular complexity index is 520. The molecule has 0 amide bonds. The predicted molar refractivity (Wildman–Crippen MR) is 78.1 cm³/mol. The highest BCUT2D eigenvalue weighted by Gasteiger charge is 2.14. The Balaban J connectivity index is 1.55. The van der Waals surface area contributed by atoms with Crippen molar-refractivity contribution in [3.8, 4) is 0 Å². The first-order valence-electron chi connectivity index (χ1n) is 6.68. The van der Waals surface area contributed by atoms with Gasteiger partial charge in [0.1, 0.15) is 0 Å². The molecule has 0 radical (unpaired) electrons. The van der Waals surface area contributed by atoms with Crippen molar-refractivity contribution in [2.24, 2.45) is 0 Å². The fourth-order valence-corrected chi connectivity index (χ4v) is 3.86. The van der Waals surface area contributed by atoms with Crippen LogP contribution in [0.25, 0.3) is 0 Å². The van der Waals surface area contributed by atoms with Crippen molar-refractivity contribution in [1.82, 2.24) is 5.32 Å². The van der Waals surface area contributed by atoms with E-state index >= 15 is 0 Å². The summed E-state index contributed by atoms with van der Waals surface area (Å²) in [6.45, 7) is 4.11. The number of rotatable bonds is 4. The van der Waals surface area contributed by atoms with E-state index in [4.69, 9.17) is 0 Å². The number of hydrogen-bond donors (Lipinski definition) is 1. The van der Waals surface area contributed by atoms with Gasteiger partial charge in [-0.2, -0.15) is 0 Å². The molecular weight excluding hydrogens is 238 g/mol. The molecule has 94 valence electrons. The SMILES string of the molecule is Cc1cccc(CNCc2cc3c(s2)CCC3)c1. The third-order valence-electron chi connectivity index (χ3n) is 3.51. The van der Waals surface area contributed by atoms with Gasteiger partial charge in [-0.1, -0.05) is 29.8 Å². The van der Waals surface area contributed by atoms with Crippen LogP contribution in [0.5, 0.6) is 0 Å². The molecule has 0 unspecified atom stereocenters. The van der Waals surface area contributed by atoms with Gasteiger partial charge in [-0.15, -0.1) is 11.3 Å². The highest BCUT2D eigenvalue weighted by molar-refractivity contribution is 7.12. The number of aryl methyl sites for hydroxylation is 3. The van der Waals surface area contributed by atoms with Crippen molar-refractivity contribution < 1.29 is 0 Å². The highest BCUT2D eigenvalue weighted by atomic mass is 32.1. The standard InChI is InChI=1S/C16H19NS/c1-12-4-2-5-13(8-12)10-17-11-15-9-14-6-3-7-16(14)18-15/h2,4-5,8-9,17H,3,6-7,10-11H2,1H3. The molecule has 0 spiro atoms. The van der Waals surface area contributed by atoms with Crippen LogP contribution >= 0.6 is 11.3 Å². The van der Waals surface area contributed by atoms with E-state index in [9.17, 15) is 0 Å². The van der Waals surface area contributed by atoms with E-state index in [0.29, 0.717) is 0 Å². The molecule has 0 saturated carbocycles. The monoisotopic (exact) mass is 257 g/mol. The number of hydrogen-bond acceptors (Lipinski definition) is 2. The summed E-state index contributed by atoms with van der Waals surface area (Å²) in [5.74, 6) is 0. The van der Waals surface area contributed by atoms with Gasteiger partial charge in [0, 0.05) is 22.8 Å². The van der Waals surface area contributed by atoms with Crippen LogP contribution in [0.3, 0.4) is 0 Å². The van der Waals surface area contributed by atoms with E-state index in [0.717, 1.165) is 13.1 Å². The maximum absolute atomic E-state index is 3.54. The fourth-order valence-electron chi connectivity index (χ4n) is 2.63. The minimum atomic E-state index is 0.963. The zero-order valence-electron chi connectivity index (χ0n) is 10.8. The Morgan fingerprint density at radius 1 is 1.17 bits per heavy atom. The van der Waals surface area contributed by atoms with Crippen molar-refractivity contribution in [3.05, 3.63) is 56.8 Å². The van der Waals surface area contributed by atoms with Gasteiger partial charge in [0.05, 0.1) is 0 Å². The molecule has 0 atom stereocenters. The number of fused-ring (bicyclic) bond motifs is 1. The predicted octanol–water partition coefficient (Wildman–Crippen LogP) is 3.84. The van der Waals surface area contributed by atoms with Crippen LogP contribution in [-0.4, -0.2) is 0 Å². The second-order valence-electron chi connectivity index (χ2n) is 5.11. The Hall–Kier alpha value is -1.12.